The number of furan rings is 1. The largest absolute Gasteiger partial charge is 0.493 e. The molecule has 0 radical (unpaired) electrons. The van der Waals surface area contributed by atoms with Crippen LogP contribution in [0.15, 0.2) is 34.7 Å². The predicted molar refractivity (Wildman–Crippen MR) is 133 cm³/mol. The first-order valence-electron chi connectivity index (χ1n) is 12.8. The molecule has 2 saturated carbocycles. The van der Waals surface area contributed by atoms with E-state index in [2.05, 4.69) is 0 Å². The lowest BCUT2D eigenvalue weighted by Crippen LogP contribution is -2.45. The lowest BCUT2D eigenvalue weighted by Gasteiger charge is -2.29. The molecule has 7 nitrogen and oxygen atoms in total. The maximum Gasteiger partial charge on any atom is 0.242 e. The van der Waals surface area contributed by atoms with E-state index >= 15 is 0 Å². The van der Waals surface area contributed by atoms with E-state index in [9.17, 15) is 9.59 Å². The van der Waals surface area contributed by atoms with E-state index in [1.165, 1.54) is 0 Å². The molecule has 7 heteroatoms. The number of carbonyl (C=O) groups is 2. The SMILES string of the molecule is COc1ccc(CCN(Cc2ccc(C)o2)C(=O)CN(CC2CC2)C(=O)C2CCCC2)cc1OC. The molecule has 1 aromatic carbocycles. The van der Waals surface area contributed by atoms with Crippen LogP contribution in [0.3, 0.4) is 0 Å². The summed E-state index contributed by atoms with van der Waals surface area (Å²) in [5.74, 6) is 3.66. The summed E-state index contributed by atoms with van der Waals surface area (Å²) in [7, 11) is 3.23. The summed E-state index contributed by atoms with van der Waals surface area (Å²) in [5, 5.41) is 0. The van der Waals surface area contributed by atoms with Crippen LogP contribution in [-0.4, -0.2) is 55.5 Å². The number of carbonyl (C=O) groups excluding carboxylic acids is 2. The van der Waals surface area contributed by atoms with E-state index < -0.39 is 0 Å². The van der Waals surface area contributed by atoms with Gasteiger partial charge in [-0.1, -0.05) is 18.9 Å². The van der Waals surface area contributed by atoms with E-state index in [0.29, 0.717) is 43.5 Å². The third-order valence-electron chi connectivity index (χ3n) is 7.13. The zero-order valence-electron chi connectivity index (χ0n) is 21.3. The van der Waals surface area contributed by atoms with Crippen LogP contribution >= 0.6 is 0 Å². The number of ether oxygens (including phenoxy) is 2. The Bertz CT molecular complexity index is 1010. The van der Waals surface area contributed by atoms with Crippen molar-refractivity contribution in [3.8, 4) is 11.5 Å². The molecule has 0 atom stereocenters. The zero-order chi connectivity index (χ0) is 24.8. The second-order valence-corrected chi connectivity index (χ2v) is 9.91. The van der Waals surface area contributed by atoms with Crippen molar-refractivity contribution in [2.45, 2.75) is 58.4 Å². The molecule has 2 aromatic rings. The van der Waals surface area contributed by atoms with E-state index in [-0.39, 0.29) is 24.3 Å². The second kappa shape index (κ2) is 11.6. The van der Waals surface area contributed by atoms with Crippen molar-refractivity contribution < 1.29 is 23.5 Å². The smallest absolute Gasteiger partial charge is 0.242 e. The standard InChI is InChI=1S/C28H38N2O5/c1-20-8-12-24(35-20)18-29(15-14-21-11-13-25(33-2)26(16-21)34-3)27(31)19-30(17-22-9-10-22)28(32)23-6-4-5-7-23/h8,11-13,16,22-23H,4-7,9-10,14-15,17-19H2,1-3H3. The molecule has 2 aliphatic carbocycles. The van der Waals surface area contributed by atoms with Crippen molar-refractivity contribution >= 4 is 11.8 Å². The summed E-state index contributed by atoms with van der Waals surface area (Å²) in [4.78, 5) is 30.5. The first kappa shape index (κ1) is 25.1. The van der Waals surface area contributed by atoms with Crippen molar-refractivity contribution in [3.05, 3.63) is 47.4 Å². The first-order valence-corrected chi connectivity index (χ1v) is 12.8. The van der Waals surface area contributed by atoms with Crippen LogP contribution in [-0.2, 0) is 22.6 Å². The quantitative estimate of drug-likeness (QED) is 0.442. The lowest BCUT2D eigenvalue weighted by atomic mass is 10.1. The molecule has 0 spiro atoms. The molecule has 0 N–H and O–H groups in total. The Balaban J connectivity index is 1.47. The molecule has 1 heterocycles. The van der Waals surface area contributed by atoms with Gasteiger partial charge in [0.15, 0.2) is 11.5 Å². The van der Waals surface area contributed by atoms with Gasteiger partial charge in [-0.15, -0.1) is 0 Å². The van der Waals surface area contributed by atoms with Crippen LogP contribution in [0.4, 0.5) is 0 Å². The Hall–Kier alpha value is -2.96. The topological polar surface area (TPSA) is 72.2 Å². The molecular weight excluding hydrogens is 444 g/mol. The number of rotatable bonds is 12. The van der Waals surface area contributed by atoms with Gasteiger partial charge in [0.05, 0.1) is 27.3 Å². The van der Waals surface area contributed by atoms with Crippen LogP contribution in [0.5, 0.6) is 11.5 Å². The third-order valence-corrected chi connectivity index (χ3v) is 7.13. The summed E-state index contributed by atoms with van der Waals surface area (Å²) < 4.78 is 16.6. The molecule has 0 unspecified atom stereocenters. The highest BCUT2D eigenvalue weighted by Crippen LogP contribution is 2.32. The van der Waals surface area contributed by atoms with E-state index in [0.717, 1.165) is 55.6 Å². The highest BCUT2D eigenvalue weighted by molar-refractivity contribution is 5.86. The molecule has 190 valence electrons. The van der Waals surface area contributed by atoms with Crippen molar-refractivity contribution in [1.29, 1.82) is 0 Å². The van der Waals surface area contributed by atoms with Gasteiger partial charge in [-0.05, 0) is 74.8 Å². The van der Waals surface area contributed by atoms with Crippen molar-refractivity contribution in [2.24, 2.45) is 11.8 Å². The molecule has 2 aliphatic rings. The minimum atomic E-state index is -0.0356. The van der Waals surface area contributed by atoms with Gasteiger partial charge < -0.3 is 23.7 Å². The molecule has 0 bridgehead atoms. The molecule has 0 saturated heterocycles. The highest BCUT2D eigenvalue weighted by atomic mass is 16.5. The second-order valence-electron chi connectivity index (χ2n) is 9.91. The first-order chi connectivity index (χ1) is 17.0. The molecule has 0 aliphatic heterocycles. The molecule has 2 amide bonds. The maximum absolute atomic E-state index is 13.6. The van der Waals surface area contributed by atoms with Gasteiger partial charge in [-0.3, -0.25) is 9.59 Å². The monoisotopic (exact) mass is 482 g/mol. The van der Waals surface area contributed by atoms with Gasteiger partial charge in [0.1, 0.15) is 11.5 Å². The van der Waals surface area contributed by atoms with Gasteiger partial charge in [0.25, 0.3) is 0 Å². The minimum absolute atomic E-state index is 0.0356. The summed E-state index contributed by atoms with van der Waals surface area (Å²) in [6.45, 7) is 3.64. The molecular formula is C28H38N2O5. The van der Waals surface area contributed by atoms with Crippen LogP contribution in [0.1, 0.15) is 55.6 Å². The van der Waals surface area contributed by atoms with Gasteiger partial charge in [-0.25, -0.2) is 0 Å². The number of amides is 2. The van der Waals surface area contributed by atoms with Crippen molar-refractivity contribution in [2.75, 3.05) is 33.9 Å². The number of methoxy groups -OCH3 is 2. The van der Waals surface area contributed by atoms with Crippen LogP contribution in [0.25, 0.3) is 0 Å². The minimum Gasteiger partial charge on any atom is -0.493 e. The Morgan fingerprint density at radius 2 is 1.71 bits per heavy atom. The normalized spacial score (nSPS) is 15.7. The average Bonchev–Trinajstić information content (AvgIpc) is 3.32. The number of aryl methyl sites for hydroxylation is 1. The highest BCUT2D eigenvalue weighted by Gasteiger charge is 2.33. The molecule has 1 aromatic heterocycles. The number of benzene rings is 1. The van der Waals surface area contributed by atoms with Gasteiger partial charge >= 0.3 is 0 Å². The Labute approximate surface area is 208 Å². The fraction of sp³-hybridized carbons (Fsp3) is 0.571. The van der Waals surface area contributed by atoms with Crippen LogP contribution in [0, 0.1) is 18.8 Å². The fourth-order valence-corrected chi connectivity index (χ4v) is 4.89. The summed E-state index contributed by atoms with van der Waals surface area (Å²) in [6.07, 6.45) is 7.07. The van der Waals surface area contributed by atoms with Gasteiger partial charge in [0.2, 0.25) is 11.8 Å². The predicted octanol–water partition coefficient (Wildman–Crippen LogP) is 4.61. The van der Waals surface area contributed by atoms with E-state index in [4.69, 9.17) is 13.9 Å². The number of nitrogens with zero attached hydrogens (tertiary/aromatic N) is 2. The van der Waals surface area contributed by atoms with E-state index in [1.54, 1.807) is 14.2 Å². The van der Waals surface area contributed by atoms with Gasteiger partial charge in [-0.2, -0.15) is 0 Å². The maximum atomic E-state index is 13.6. The van der Waals surface area contributed by atoms with Crippen molar-refractivity contribution in [3.63, 3.8) is 0 Å². The Morgan fingerprint density at radius 1 is 0.971 bits per heavy atom. The Kier molecular flexibility index (Phi) is 8.37. The van der Waals surface area contributed by atoms with Crippen LogP contribution < -0.4 is 9.47 Å². The molecule has 35 heavy (non-hydrogen) atoms. The lowest BCUT2D eigenvalue weighted by molar-refractivity contribution is -0.143. The Morgan fingerprint density at radius 3 is 2.34 bits per heavy atom. The van der Waals surface area contributed by atoms with E-state index in [1.807, 2.05) is 47.1 Å². The molecule has 2 fully saturated rings. The summed E-state index contributed by atoms with van der Waals surface area (Å²) in [5.41, 5.74) is 1.05. The number of hydrogen-bond donors (Lipinski definition) is 0. The average molecular weight is 483 g/mol. The molecule has 4 rings (SSSR count). The van der Waals surface area contributed by atoms with Crippen LogP contribution in [0.2, 0.25) is 0 Å². The fourth-order valence-electron chi connectivity index (χ4n) is 4.89. The zero-order valence-corrected chi connectivity index (χ0v) is 21.3. The number of hydrogen-bond acceptors (Lipinski definition) is 5. The third kappa shape index (κ3) is 6.80. The van der Waals surface area contributed by atoms with Crippen molar-refractivity contribution in [1.82, 2.24) is 9.80 Å². The summed E-state index contributed by atoms with van der Waals surface area (Å²) in [6, 6.07) is 9.65. The van der Waals surface area contributed by atoms with Gasteiger partial charge in [0, 0.05) is 19.0 Å². The summed E-state index contributed by atoms with van der Waals surface area (Å²) >= 11 is 0.